The van der Waals surface area contributed by atoms with E-state index in [2.05, 4.69) is 4.74 Å². The molecule has 0 heterocycles. The Bertz CT molecular complexity index is 471. The molecule has 0 unspecified atom stereocenters. The lowest BCUT2D eigenvalue weighted by atomic mass is 10.1. The summed E-state index contributed by atoms with van der Waals surface area (Å²) in [5.41, 5.74) is 4.34. The molecule has 1 aromatic carbocycles. The molecule has 110 valence electrons. The average molecular weight is 297 g/mol. The predicted molar refractivity (Wildman–Crippen MR) is 80.1 cm³/mol. The maximum absolute atomic E-state index is 11.5. The minimum Gasteiger partial charge on any atom is -0.493 e. The van der Waals surface area contributed by atoms with Crippen molar-refractivity contribution in [2.45, 2.75) is 25.9 Å². The van der Waals surface area contributed by atoms with Crippen molar-refractivity contribution in [3.63, 3.8) is 0 Å². The van der Waals surface area contributed by atoms with E-state index in [1.807, 2.05) is 0 Å². The number of esters is 1. The Morgan fingerprint density at radius 3 is 2.30 bits per heavy atom. The van der Waals surface area contributed by atoms with Crippen molar-refractivity contribution in [3.05, 3.63) is 24.3 Å². The Kier molecular flexibility index (Phi) is 5.76. The molecule has 0 amide bonds. The van der Waals surface area contributed by atoms with E-state index in [0.29, 0.717) is 29.5 Å². The van der Waals surface area contributed by atoms with Gasteiger partial charge in [0, 0.05) is 6.42 Å². The molecule has 0 saturated heterocycles. The fourth-order valence-electron chi connectivity index (χ4n) is 1.46. The second kappa shape index (κ2) is 7.09. The summed E-state index contributed by atoms with van der Waals surface area (Å²) >= 11 is 4.76. The lowest BCUT2D eigenvalue weighted by molar-refractivity contribution is -0.156. The van der Waals surface area contributed by atoms with Crippen molar-refractivity contribution in [1.29, 1.82) is 0 Å². The molecule has 0 bridgehead atoms. The first-order valence-electron chi connectivity index (χ1n) is 6.14. The standard InChI is InChI=1S/C14H19NO4S/c1-14(2,13(16)17-3)19-11-6-4-10(5-7-11)18-9-8-12(15)20/h4-7H,8-9H2,1-3H3,(H2,15,20). The van der Waals surface area contributed by atoms with Gasteiger partial charge in [-0.05, 0) is 38.1 Å². The molecule has 0 radical (unpaired) electrons. The number of carbonyl (C=O) groups is 1. The molecule has 0 spiro atoms. The normalized spacial score (nSPS) is 10.8. The third-order valence-corrected chi connectivity index (χ3v) is 2.70. The molecular weight excluding hydrogens is 278 g/mol. The number of hydrogen-bond donors (Lipinski definition) is 1. The second-order valence-electron chi connectivity index (χ2n) is 4.64. The van der Waals surface area contributed by atoms with Gasteiger partial charge in [0.15, 0.2) is 5.60 Å². The number of methoxy groups -OCH3 is 1. The minimum absolute atomic E-state index is 0.421. The molecule has 1 aromatic rings. The summed E-state index contributed by atoms with van der Waals surface area (Å²) in [6.45, 7) is 3.72. The van der Waals surface area contributed by atoms with Crippen LogP contribution in [0.5, 0.6) is 11.5 Å². The van der Waals surface area contributed by atoms with Crippen LogP contribution in [0.1, 0.15) is 20.3 Å². The van der Waals surface area contributed by atoms with Gasteiger partial charge in [0.05, 0.1) is 18.7 Å². The van der Waals surface area contributed by atoms with Crippen molar-refractivity contribution < 1.29 is 19.0 Å². The molecule has 1 rings (SSSR count). The van der Waals surface area contributed by atoms with Crippen LogP contribution in [0.4, 0.5) is 0 Å². The van der Waals surface area contributed by atoms with Crippen LogP contribution >= 0.6 is 12.2 Å². The molecule has 0 aliphatic heterocycles. The lowest BCUT2D eigenvalue weighted by Crippen LogP contribution is -2.39. The maximum Gasteiger partial charge on any atom is 0.349 e. The Balaban J connectivity index is 2.58. The van der Waals surface area contributed by atoms with Gasteiger partial charge in [-0.15, -0.1) is 0 Å². The zero-order valence-electron chi connectivity index (χ0n) is 11.8. The van der Waals surface area contributed by atoms with Crippen LogP contribution in [0.15, 0.2) is 24.3 Å². The fourth-order valence-corrected chi connectivity index (χ4v) is 1.54. The topological polar surface area (TPSA) is 70.8 Å². The van der Waals surface area contributed by atoms with E-state index in [9.17, 15) is 4.79 Å². The first-order valence-corrected chi connectivity index (χ1v) is 6.54. The molecule has 0 aliphatic carbocycles. The van der Waals surface area contributed by atoms with Gasteiger partial charge in [0.2, 0.25) is 0 Å². The van der Waals surface area contributed by atoms with E-state index in [0.717, 1.165) is 0 Å². The third-order valence-electron chi connectivity index (χ3n) is 2.49. The van der Waals surface area contributed by atoms with Crippen LogP contribution in [-0.4, -0.2) is 30.3 Å². The van der Waals surface area contributed by atoms with Crippen LogP contribution in [0, 0.1) is 0 Å². The molecular formula is C14H19NO4S. The summed E-state index contributed by atoms with van der Waals surface area (Å²) in [5, 5.41) is 0. The van der Waals surface area contributed by atoms with Crippen molar-refractivity contribution >= 4 is 23.2 Å². The van der Waals surface area contributed by atoms with E-state index < -0.39 is 11.6 Å². The van der Waals surface area contributed by atoms with Crippen LogP contribution in [-0.2, 0) is 9.53 Å². The number of carbonyl (C=O) groups excluding carboxylic acids is 1. The Hall–Kier alpha value is -1.82. The molecule has 0 fully saturated rings. The summed E-state index contributed by atoms with van der Waals surface area (Å²) in [4.78, 5) is 11.9. The van der Waals surface area contributed by atoms with Gasteiger partial charge in [0.25, 0.3) is 0 Å². The molecule has 0 atom stereocenters. The summed E-state index contributed by atoms with van der Waals surface area (Å²) in [6.07, 6.45) is 0.531. The van der Waals surface area contributed by atoms with Crippen molar-refractivity contribution in [1.82, 2.24) is 0 Å². The van der Waals surface area contributed by atoms with Gasteiger partial charge in [-0.1, -0.05) is 12.2 Å². The highest BCUT2D eigenvalue weighted by Gasteiger charge is 2.30. The average Bonchev–Trinajstić information content (AvgIpc) is 2.39. The molecule has 5 nitrogen and oxygen atoms in total. The second-order valence-corrected chi connectivity index (χ2v) is 5.16. The number of benzene rings is 1. The minimum atomic E-state index is -1.04. The number of hydrogen-bond acceptors (Lipinski definition) is 5. The van der Waals surface area contributed by atoms with Crippen LogP contribution in [0.25, 0.3) is 0 Å². The Labute approximate surface area is 124 Å². The van der Waals surface area contributed by atoms with Gasteiger partial charge in [-0.3, -0.25) is 0 Å². The first kappa shape index (κ1) is 16.2. The smallest absolute Gasteiger partial charge is 0.349 e. The SMILES string of the molecule is COC(=O)C(C)(C)Oc1ccc(OCCC(N)=S)cc1. The van der Waals surface area contributed by atoms with E-state index >= 15 is 0 Å². The van der Waals surface area contributed by atoms with Gasteiger partial charge in [0.1, 0.15) is 11.5 Å². The van der Waals surface area contributed by atoms with Crippen molar-refractivity contribution in [3.8, 4) is 11.5 Å². The van der Waals surface area contributed by atoms with E-state index in [1.165, 1.54) is 7.11 Å². The van der Waals surface area contributed by atoms with E-state index in [1.54, 1.807) is 38.1 Å². The monoisotopic (exact) mass is 297 g/mol. The summed E-state index contributed by atoms with van der Waals surface area (Å²) in [7, 11) is 1.33. The van der Waals surface area contributed by atoms with E-state index in [-0.39, 0.29) is 0 Å². The van der Waals surface area contributed by atoms with Gasteiger partial charge in [-0.2, -0.15) is 0 Å². The fraction of sp³-hybridized carbons (Fsp3) is 0.429. The molecule has 0 aromatic heterocycles. The molecule has 2 N–H and O–H groups in total. The highest BCUT2D eigenvalue weighted by Crippen LogP contribution is 2.22. The van der Waals surface area contributed by atoms with Gasteiger partial charge < -0.3 is 19.9 Å². The van der Waals surface area contributed by atoms with Crippen LogP contribution < -0.4 is 15.2 Å². The summed E-state index contributed by atoms with van der Waals surface area (Å²) < 4.78 is 15.7. The largest absolute Gasteiger partial charge is 0.493 e. The van der Waals surface area contributed by atoms with Gasteiger partial charge in [-0.25, -0.2) is 4.79 Å². The maximum atomic E-state index is 11.5. The van der Waals surface area contributed by atoms with Crippen molar-refractivity contribution in [2.24, 2.45) is 5.73 Å². The molecule has 20 heavy (non-hydrogen) atoms. The zero-order valence-corrected chi connectivity index (χ0v) is 12.7. The number of rotatable bonds is 7. The Morgan fingerprint density at radius 1 is 1.25 bits per heavy atom. The molecule has 0 saturated carbocycles. The third kappa shape index (κ3) is 5.05. The van der Waals surface area contributed by atoms with Gasteiger partial charge >= 0.3 is 5.97 Å². The highest BCUT2D eigenvalue weighted by molar-refractivity contribution is 7.80. The quantitative estimate of drug-likeness (QED) is 0.613. The number of thiocarbonyl (C=S) groups is 1. The lowest BCUT2D eigenvalue weighted by Gasteiger charge is -2.23. The summed E-state index contributed by atoms with van der Waals surface area (Å²) in [5.74, 6) is 0.806. The van der Waals surface area contributed by atoms with E-state index in [4.69, 9.17) is 27.4 Å². The zero-order chi connectivity index (χ0) is 15.2. The van der Waals surface area contributed by atoms with Crippen LogP contribution in [0.3, 0.4) is 0 Å². The Morgan fingerprint density at radius 2 is 1.80 bits per heavy atom. The highest BCUT2D eigenvalue weighted by atomic mass is 32.1. The number of ether oxygens (including phenoxy) is 3. The van der Waals surface area contributed by atoms with Crippen LogP contribution in [0.2, 0.25) is 0 Å². The van der Waals surface area contributed by atoms with Crippen molar-refractivity contribution in [2.75, 3.05) is 13.7 Å². The summed E-state index contributed by atoms with van der Waals surface area (Å²) in [6, 6.07) is 6.95. The first-order chi connectivity index (χ1) is 9.35. The predicted octanol–water partition coefficient (Wildman–Crippen LogP) is 2.07. The number of nitrogens with two attached hydrogens (primary N) is 1. The molecule has 6 heteroatoms. The molecule has 0 aliphatic rings.